The van der Waals surface area contributed by atoms with Crippen LogP contribution >= 0.6 is 0 Å². The summed E-state index contributed by atoms with van der Waals surface area (Å²) in [5, 5.41) is 3.19. The van der Waals surface area contributed by atoms with Gasteiger partial charge in [0.25, 0.3) is 0 Å². The highest BCUT2D eigenvalue weighted by atomic mass is 16.1. The zero-order valence-electron chi connectivity index (χ0n) is 12.8. The van der Waals surface area contributed by atoms with Gasteiger partial charge < -0.3 is 5.32 Å². The molecule has 0 aromatic carbocycles. The first-order chi connectivity index (χ1) is 8.41. The van der Waals surface area contributed by atoms with Crippen molar-refractivity contribution in [1.29, 1.82) is 0 Å². The number of nitrogens with one attached hydrogen (secondary N) is 1. The first-order valence-electron chi connectivity index (χ1n) is 7.69. The van der Waals surface area contributed by atoms with E-state index in [1.807, 2.05) is 0 Å². The van der Waals surface area contributed by atoms with Gasteiger partial charge in [0.15, 0.2) is 0 Å². The molecule has 1 rings (SSSR count). The third-order valence-corrected chi connectivity index (χ3v) is 4.61. The van der Waals surface area contributed by atoms with Crippen LogP contribution < -0.4 is 5.32 Å². The molecule has 0 aromatic rings. The highest BCUT2D eigenvalue weighted by Gasteiger charge is 2.25. The third-order valence-electron chi connectivity index (χ3n) is 4.61. The molecular weight excluding hydrogens is 222 g/mol. The molecule has 0 heterocycles. The molecule has 2 nitrogen and oxygen atoms in total. The summed E-state index contributed by atoms with van der Waals surface area (Å²) in [7, 11) is 0. The molecule has 1 aliphatic rings. The molecule has 0 atom stereocenters. The quantitative estimate of drug-likeness (QED) is 0.792. The second kappa shape index (κ2) is 7.16. The molecule has 0 radical (unpaired) electrons. The van der Waals surface area contributed by atoms with Crippen LogP contribution in [0.4, 0.5) is 0 Å². The van der Waals surface area contributed by atoms with E-state index in [1.165, 1.54) is 12.8 Å². The van der Waals surface area contributed by atoms with E-state index < -0.39 is 0 Å². The van der Waals surface area contributed by atoms with Crippen LogP contribution in [0.5, 0.6) is 0 Å². The lowest BCUT2D eigenvalue weighted by Gasteiger charge is -2.28. The van der Waals surface area contributed by atoms with Crippen molar-refractivity contribution in [2.75, 3.05) is 6.54 Å². The van der Waals surface area contributed by atoms with Gasteiger partial charge in [-0.2, -0.15) is 0 Å². The zero-order chi connectivity index (χ0) is 13.7. The number of carbonyl (C=O) groups is 1. The number of hydrogen-bond acceptors (Lipinski definition) is 1. The molecule has 2 heteroatoms. The second-order valence-corrected chi connectivity index (χ2v) is 6.85. The Morgan fingerprint density at radius 2 is 1.56 bits per heavy atom. The van der Waals surface area contributed by atoms with Crippen LogP contribution in [0.1, 0.15) is 60.3 Å². The molecule has 106 valence electrons. The summed E-state index contributed by atoms with van der Waals surface area (Å²) in [6.07, 6.45) is 4.60. The highest BCUT2D eigenvalue weighted by Crippen LogP contribution is 2.28. The fourth-order valence-electron chi connectivity index (χ4n) is 3.13. The lowest BCUT2D eigenvalue weighted by molar-refractivity contribution is -0.126. The Hall–Kier alpha value is -0.530. The SMILES string of the molecule is CC1CCC(C(=O)NCC(C(C)C)C(C)C)CC1. The van der Waals surface area contributed by atoms with E-state index in [2.05, 4.69) is 39.9 Å². The van der Waals surface area contributed by atoms with Crippen LogP contribution in [0.3, 0.4) is 0 Å². The van der Waals surface area contributed by atoms with Crippen molar-refractivity contribution in [3.05, 3.63) is 0 Å². The van der Waals surface area contributed by atoms with Crippen molar-refractivity contribution in [1.82, 2.24) is 5.32 Å². The summed E-state index contributed by atoms with van der Waals surface area (Å²) in [5.41, 5.74) is 0. The highest BCUT2D eigenvalue weighted by molar-refractivity contribution is 5.78. The van der Waals surface area contributed by atoms with Gasteiger partial charge in [-0.05, 0) is 49.4 Å². The average Bonchev–Trinajstić information content (AvgIpc) is 2.28. The van der Waals surface area contributed by atoms with Crippen LogP contribution in [0.15, 0.2) is 0 Å². The van der Waals surface area contributed by atoms with Gasteiger partial charge in [0.1, 0.15) is 0 Å². The van der Waals surface area contributed by atoms with Crippen LogP contribution in [-0.4, -0.2) is 12.5 Å². The monoisotopic (exact) mass is 253 g/mol. The van der Waals surface area contributed by atoms with E-state index >= 15 is 0 Å². The van der Waals surface area contributed by atoms with Crippen molar-refractivity contribution in [2.45, 2.75) is 60.3 Å². The Bertz CT molecular complexity index is 244. The van der Waals surface area contributed by atoms with Crippen molar-refractivity contribution < 1.29 is 4.79 Å². The molecule has 1 aliphatic carbocycles. The van der Waals surface area contributed by atoms with E-state index in [0.29, 0.717) is 23.7 Å². The average molecular weight is 253 g/mol. The Labute approximate surface area is 113 Å². The number of rotatable bonds is 5. The lowest BCUT2D eigenvalue weighted by Crippen LogP contribution is -2.38. The molecule has 0 saturated heterocycles. The largest absolute Gasteiger partial charge is 0.356 e. The van der Waals surface area contributed by atoms with Crippen molar-refractivity contribution in [2.24, 2.45) is 29.6 Å². The predicted molar refractivity (Wildman–Crippen MR) is 77.3 cm³/mol. The van der Waals surface area contributed by atoms with E-state index in [1.54, 1.807) is 0 Å². The third kappa shape index (κ3) is 4.62. The number of hydrogen-bond donors (Lipinski definition) is 1. The molecule has 0 bridgehead atoms. The van der Waals surface area contributed by atoms with Crippen LogP contribution in [0, 0.1) is 29.6 Å². The molecule has 1 saturated carbocycles. The topological polar surface area (TPSA) is 29.1 Å². The van der Waals surface area contributed by atoms with E-state index in [-0.39, 0.29) is 5.92 Å². The first-order valence-corrected chi connectivity index (χ1v) is 7.69. The van der Waals surface area contributed by atoms with Crippen molar-refractivity contribution >= 4 is 5.91 Å². The zero-order valence-corrected chi connectivity index (χ0v) is 12.8. The normalized spacial score (nSPS) is 24.9. The minimum Gasteiger partial charge on any atom is -0.356 e. The summed E-state index contributed by atoms with van der Waals surface area (Å²) in [5.74, 6) is 3.26. The minimum absolute atomic E-state index is 0.279. The maximum atomic E-state index is 12.1. The van der Waals surface area contributed by atoms with Crippen LogP contribution in [-0.2, 0) is 4.79 Å². The Kier molecular flexibility index (Phi) is 6.17. The van der Waals surface area contributed by atoms with Gasteiger partial charge in [0.05, 0.1) is 0 Å². The molecule has 0 unspecified atom stereocenters. The van der Waals surface area contributed by atoms with E-state index in [4.69, 9.17) is 0 Å². The van der Waals surface area contributed by atoms with E-state index in [0.717, 1.165) is 25.3 Å². The Balaban J connectivity index is 2.36. The summed E-state index contributed by atoms with van der Waals surface area (Å²) < 4.78 is 0. The fraction of sp³-hybridized carbons (Fsp3) is 0.938. The molecule has 0 aliphatic heterocycles. The van der Waals surface area contributed by atoms with Gasteiger partial charge >= 0.3 is 0 Å². The molecule has 1 fully saturated rings. The predicted octanol–water partition coefficient (Wildman–Crippen LogP) is 3.86. The number of amides is 1. The summed E-state index contributed by atoms with van der Waals surface area (Å²) in [6, 6.07) is 0. The minimum atomic E-state index is 0.279. The lowest BCUT2D eigenvalue weighted by atomic mass is 9.82. The molecular formula is C16H31NO. The summed E-state index contributed by atoms with van der Waals surface area (Å²) >= 11 is 0. The summed E-state index contributed by atoms with van der Waals surface area (Å²) in [6.45, 7) is 12.1. The smallest absolute Gasteiger partial charge is 0.223 e. The Morgan fingerprint density at radius 1 is 1.06 bits per heavy atom. The van der Waals surface area contributed by atoms with Gasteiger partial charge in [-0.15, -0.1) is 0 Å². The van der Waals surface area contributed by atoms with Gasteiger partial charge in [0.2, 0.25) is 5.91 Å². The second-order valence-electron chi connectivity index (χ2n) is 6.85. The van der Waals surface area contributed by atoms with Crippen molar-refractivity contribution in [3.8, 4) is 0 Å². The fourth-order valence-corrected chi connectivity index (χ4v) is 3.13. The maximum absolute atomic E-state index is 12.1. The maximum Gasteiger partial charge on any atom is 0.223 e. The van der Waals surface area contributed by atoms with Gasteiger partial charge in [-0.25, -0.2) is 0 Å². The first kappa shape index (κ1) is 15.5. The van der Waals surface area contributed by atoms with Gasteiger partial charge in [-0.1, -0.05) is 34.6 Å². The van der Waals surface area contributed by atoms with Crippen LogP contribution in [0.25, 0.3) is 0 Å². The van der Waals surface area contributed by atoms with Crippen LogP contribution in [0.2, 0.25) is 0 Å². The molecule has 1 amide bonds. The Morgan fingerprint density at radius 3 is 2.00 bits per heavy atom. The van der Waals surface area contributed by atoms with Crippen molar-refractivity contribution in [3.63, 3.8) is 0 Å². The molecule has 0 aromatic heterocycles. The van der Waals surface area contributed by atoms with E-state index in [9.17, 15) is 4.79 Å². The van der Waals surface area contributed by atoms with Gasteiger partial charge in [0, 0.05) is 12.5 Å². The molecule has 18 heavy (non-hydrogen) atoms. The standard InChI is InChI=1S/C16H31NO/c1-11(2)15(12(3)4)10-17-16(18)14-8-6-13(5)7-9-14/h11-15H,6-10H2,1-5H3,(H,17,18). The number of carbonyl (C=O) groups excluding carboxylic acids is 1. The molecule has 1 N–H and O–H groups in total. The van der Waals surface area contributed by atoms with Gasteiger partial charge in [-0.3, -0.25) is 4.79 Å². The summed E-state index contributed by atoms with van der Waals surface area (Å²) in [4.78, 5) is 12.1. The molecule has 0 spiro atoms.